The van der Waals surface area contributed by atoms with Crippen molar-refractivity contribution in [3.8, 4) is 0 Å². The maximum Gasteiger partial charge on any atom is 0.126 e. The zero-order valence-corrected chi connectivity index (χ0v) is 6.83. The molecule has 0 aliphatic rings. The molecule has 0 aliphatic heterocycles. The molecule has 0 aliphatic carbocycles. The van der Waals surface area contributed by atoms with Crippen LogP contribution in [0.1, 0.15) is 12.7 Å². The number of hydrogen-bond donors (Lipinski definition) is 1. The van der Waals surface area contributed by atoms with Crippen molar-refractivity contribution in [2.24, 2.45) is 0 Å². The molecule has 1 atom stereocenters. The van der Waals surface area contributed by atoms with E-state index in [1.54, 1.807) is 25.1 Å². The van der Waals surface area contributed by atoms with E-state index >= 15 is 0 Å². The Hall–Kier alpha value is -1.09. The first-order valence-electron chi connectivity index (χ1n) is 3.69. The molecule has 1 rings (SSSR count). The Kier molecular flexibility index (Phi) is 3.05. The Balaban J connectivity index is 2.69. The quantitative estimate of drug-likeness (QED) is 0.752. The number of hydrogen-bond acceptors (Lipinski definition) is 2. The molecule has 0 amide bonds. The smallest absolute Gasteiger partial charge is 0.126 e. The van der Waals surface area contributed by atoms with E-state index < -0.39 is 12.8 Å². The summed E-state index contributed by atoms with van der Waals surface area (Å²) in [6.07, 6.45) is 2.13. The lowest BCUT2D eigenvalue weighted by atomic mass is 10.1. The van der Waals surface area contributed by atoms with Crippen LogP contribution in [0.2, 0.25) is 0 Å². The van der Waals surface area contributed by atoms with Crippen LogP contribution in [-0.2, 0) is 0 Å². The minimum atomic E-state index is -1.02. The van der Waals surface area contributed by atoms with Gasteiger partial charge in [-0.2, -0.15) is 0 Å². The minimum Gasteiger partial charge on any atom is -0.465 e. The topological polar surface area (TPSA) is 33.4 Å². The summed E-state index contributed by atoms with van der Waals surface area (Å²) in [6, 6.07) is 3.48. The third-order valence-electron chi connectivity index (χ3n) is 1.58. The molecule has 0 bridgehead atoms. The number of furan rings is 1. The largest absolute Gasteiger partial charge is 0.465 e. The summed E-state index contributed by atoms with van der Waals surface area (Å²) in [4.78, 5) is 0. The van der Waals surface area contributed by atoms with Gasteiger partial charge in [-0.3, -0.25) is 0 Å². The Morgan fingerprint density at radius 1 is 1.83 bits per heavy atom. The molecule has 1 heterocycles. The molecule has 1 N–H and O–H groups in total. The van der Waals surface area contributed by atoms with Gasteiger partial charge in [-0.1, -0.05) is 0 Å². The average Bonchev–Trinajstić information content (AvgIpc) is 2.55. The van der Waals surface area contributed by atoms with E-state index in [0.29, 0.717) is 11.3 Å². The molecule has 1 aromatic heterocycles. The van der Waals surface area contributed by atoms with Crippen molar-refractivity contribution in [1.82, 2.24) is 0 Å². The molecule has 12 heavy (non-hydrogen) atoms. The molecule has 66 valence electrons. The van der Waals surface area contributed by atoms with Crippen LogP contribution in [0.3, 0.4) is 0 Å². The van der Waals surface area contributed by atoms with Crippen LogP contribution in [0.25, 0.3) is 6.08 Å². The van der Waals surface area contributed by atoms with Crippen LogP contribution in [0.4, 0.5) is 4.39 Å². The van der Waals surface area contributed by atoms with Gasteiger partial charge in [0.2, 0.25) is 0 Å². The highest BCUT2D eigenvalue weighted by atomic mass is 19.1. The summed E-state index contributed by atoms with van der Waals surface area (Å²) in [5.41, 5.74) is 0.562. The summed E-state index contributed by atoms with van der Waals surface area (Å²) in [5.74, 6) is 0.625. The second kappa shape index (κ2) is 4.07. The van der Waals surface area contributed by atoms with Gasteiger partial charge in [0.15, 0.2) is 0 Å². The van der Waals surface area contributed by atoms with Crippen molar-refractivity contribution in [2.45, 2.75) is 13.0 Å². The second-order valence-electron chi connectivity index (χ2n) is 2.57. The molecule has 1 unspecified atom stereocenters. The van der Waals surface area contributed by atoms with Crippen molar-refractivity contribution in [3.05, 3.63) is 29.7 Å². The number of alkyl halides is 1. The van der Waals surface area contributed by atoms with Gasteiger partial charge >= 0.3 is 0 Å². The molecular weight excluding hydrogens is 159 g/mol. The zero-order valence-electron chi connectivity index (χ0n) is 6.83. The van der Waals surface area contributed by atoms with Gasteiger partial charge in [-0.15, -0.1) is 0 Å². The summed E-state index contributed by atoms with van der Waals surface area (Å²) < 4.78 is 16.9. The van der Waals surface area contributed by atoms with E-state index in [1.165, 1.54) is 6.26 Å². The summed E-state index contributed by atoms with van der Waals surface area (Å²) in [5, 5.41) is 9.04. The van der Waals surface area contributed by atoms with Gasteiger partial charge in [0, 0.05) is 0 Å². The molecule has 2 nitrogen and oxygen atoms in total. The van der Waals surface area contributed by atoms with Crippen molar-refractivity contribution < 1.29 is 13.9 Å². The Morgan fingerprint density at radius 3 is 3.08 bits per heavy atom. The fourth-order valence-electron chi connectivity index (χ4n) is 0.816. The molecule has 0 aromatic carbocycles. The van der Waals surface area contributed by atoms with E-state index in [9.17, 15) is 4.39 Å². The highest BCUT2D eigenvalue weighted by Gasteiger charge is 2.05. The maximum absolute atomic E-state index is 11.9. The molecule has 0 saturated heterocycles. The lowest BCUT2D eigenvalue weighted by molar-refractivity contribution is 0.173. The van der Waals surface area contributed by atoms with Crippen molar-refractivity contribution >= 4 is 6.08 Å². The van der Waals surface area contributed by atoms with E-state index in [0.717, 1.165) is 0 Å². The average molecular weight is 170 g/mol. The van der Waals surface area contributed by atoms with Gasteiger partial charge in [-0.25, -0.2) is 4.39 Å². The fourth-order valence-corrected chi connectivity index (χ4v) is 0.816. The lowest BCUT2D eigenvalue weighted by Gasteiger charge is -2.04. The number of halogens is 1. The molecule has 0 radical (unpaired) electrons. The van der Waals surface area contributed by atoms with E-state index in [-0.39, 0.29) is 0 Å². The summed E-state index contributed by atoms with van der Waals surface area (Å²) in [6.45, 7) is 0.899. The molecule has 0 fully saturated rings. The number of aliphatic hydroxyl groups is 1. The Labute approximate surface area is 70.3 Å². The Bertz CT molecular complexity index is 252. The van der Waals surface area contributed by atoms with Crippen LogP contribution in [0.5, 0.6) is 0 Å². The van der Waals surface area contributed by atoms with Crippen LogP contribution in [0, 0.1) is 0 Å². The minimum absolute atomic E-state index is 0.562. The van der Waals surface area contributed by atoms with Crippen molar-refractivity contribution in [1.29, 1.82) is 0 Å². The highest BCUT2D eigenvalue weighted by Crippen LogP contribution is 2.10. The van der Waals surface area contributed by atoms with Gasteiger partial charge in [0.05, 0.1) is 6.26 Å². The molecule has 1 aromatic rings. The Morgan fingerprint density at radius 2 is 2.58 bits per heavy atom. The highest BCUT2D eigenvalue weighted by molar-refractivity contribution is 5.47. The first-order chi connectivity index (χ1) is 5.74. The zero-order chi connectivity index (χ0) is 8.97. The number of aliphatic hydroxyl groups excluding tert-OH is 1. The molecule has 0 saturated carbocycles. The van der Waals surface area contributed by atoms with Gasteiger partial charge in [-0.05, 0) is 30.7 Å². The first kappa shape index (κ1) is 9.00. The fraction of sp³-hybridized carbons (Fsp3) is 0.333. The molecule has 0 spiro atoms. The molecular formula is C9H11FO2. The van der Waals surface area contributed by atoms with Crippen molar-refractivity contribution in [2.75, 3.05) is 6.67 Å². The van der Waals surface area contributed by atoms with Crippen LogP contribution in [0.15, 0.2) is 28.4 Å². The van der Waals surface area contributed by atoms with Gasteiger partial charge < -0.3 is 9.52 Å². The summed E-state index contributed by atoms with van der Waals surface area (Å²) in [7, 11) is 0. The van der Waals surface area contributed by atoms with Crippen molar-refractivity contribution in [3.63, 3.8) is 0 Å². The van der Waals surface area contributed by atoms with Gasteiger partial charge in [0.25, 0.3) is 0 Å². The van der Waals surface area contributed by atoms with E-state index in [4.69, 9.17) is 9.52 Å². The third-order valence-corrected chi connectivity index (χ3v) is 1.58. The van der Waals surface area contributed by atoms with E-state index in [2.05, 4.69) is 0 Å². The van der Waals surface area contributed by atoms with Gasteiger partial charge in [0.1, 0.15) is 18.5 Å². The van der Waals surface area contributed by atoms with E-state index in [1.807, 2.05) is 0 Å². The van der Waals surface area contributed by atoms with Crippen LogP contribution in [-0.4, -0.2) is 17.9 Å². The monoisotopic (exact) mass is 170 g/mol. The summed E-state index contributed by atoms with van der Waals surface area (Å²) >= 11 is 0. The first-order valence-corrected chi connectivity index (χ1v) is 3.69. The lowest BCUT2D eigenvalue weighted by Crippen LogP contribution is -2.09. The maximum atomic E-state index is 11.9. The molecule has 3 heteroatoms. The second-order valence-corrected chi connectivity index (χ2v) is 2.57. The standard InChI is InChI=1S/C9H11FO2/c1-7(9(11)6-10)5-8-3-2-4-12-8/h2-5,9,11H,6H2,1H3/b7-5+. The SMILES string of the molecule is C/C(=C\c1ccco1)C(O)CF. The number of rotatable bonds is 3. The third kappa shape index (κ3) is 2.20. The van der Waals surface area contributed by atoms with Crippen LogP contribution >= 0.6 is 0 Å². The predicted molar refractivity (Wildman–Crippen MR) is 44.3 cm³/mol. The normalized spacial score (nSPS) is 14.8. The van der Waals surface area contributed by atoms with Crippen LogP contribution < -0.4 is 0 Å². The predicted octanol–water partition coefficient (Wildman–Crippen LogP) is 2.01.